The van der Waals surface area contributed by atoms with E-state index >= 15 is 0 Å². The van der Waals surface area contributed by atoms with E-state index in [4.69, 9.17) is 38.7 Å². The molecule has 3 N–H and O–H groups in total. The number of imidazole rings is 1. The number of hydrogen-bond acceptors (Lipinski definition) is 6. The van der Waals surface area contributed by atoms with Gasteiger partial charge in [-0.15, -0.1) is 23.2 Å². The molecule has 0 bridgehead atoms. The number of rotatable bonds is 13. The molecule has 7 nitrogen and oxygen atoms in total. The largest absolute Gasteiger partial charge is 0.465 e. The minimum atomic E-state index is -0.476. The third kappa shape index (κ3) is 6.97. The number of nitrogens with zero attached hydrogens (tertiary/aromatic N) is 3. The Bertz CT molecular complexity index is 837. The van der Waals surface area contributed by atoms with E-state index in [-0.39, 0.29) is 18.1 Å². The van der Waals surface area contributed by atoms with E-state index in [0.29, 0.717) is 31.2 Å². The molecule has 1 heterocycles. The SMILES string of the molecule is CCOC(=O)[C@H](CCc1nc2cc(N(CCCl)CCCl)ccc2n1C)NC(N)C(C)C. The summed E-state index contributed by atoms with van der Waals surface area (Å²) in [5.74, 6) is 1.89. The number of alkyl halides is 2. The number of aryl methyl sites for hydroxylation is 2. The van der Waals surface area contributed by atoms with Gasteiger partial charge in [0.25, 0.3) is 0 Å². The van der Waals surface area contributed by atoms with E-state index in [1.807, 2.05) is 20.9 Å². The van der Waals surface area contributed by atoms with Crippen LogP contribution < -0.4 is 16.0 Å². The fraction of sp³-hybridized carbons (Fsp3) is 0.636. The molecule has 1 unspecified atom stereocenters. The van der Waals surface area contributed by atoms with Crippen LogP contribution in [0.15, 0.2) is 18.2 Å². The second-order valence-electron chi connectivity index (χ2n) is 7.90. The molecule has 31 heavy (non-hydrogen) atoms. The quantitative estimate of drug-likeness (QED) is 0.265. The average molecular weight is 472 g/mol. The number of nitrogens with two attached hydrogens (primary N) is 1. The van der Waals surface area contributed by atoms with Gasteiger partial charge in [-0.05, 0) is 37.5 Å². The van der Waals surface area contributed by atoms with Crippen molar-refractivity contribution < 1.29 is 9.53 Å². The van der Waals surface area contributed by atoms with Crippen molar-refractivity contribution in [1.82, 2.24) is 14.9 Å². The van der Waals surface area contributed by atoms with E-state index in [1.165, 1.54) is 0 Å². The maximum atomic E-state index is 12.4. The van der Waals surface area contributed by atoms with Crippen LogP contribution in [-0.4, -0.2) is 59.2 Å². The topological polar surface area (TPSA) is 85.4 Å². The van der Waals surface area contributed by atoms with Crippen molar-refractivity contribution >= 4 is 45.9 Å². The van der Waals surface area contributed by atoms with Gasteiger partial charge >= 0.3 is 5.97 Å². The van der Waals surface area contributed by atoms with Crippen LogP contribution in [0.25, 0.3) is 11.0 Å². The van der Waals surface area contributed by atoms with E-state index in [0.717, 1.165) is 35.6 Å². The van der Waals surface area contributed by atoms with Crippen LogP contribution >= 0.6 is 23.2 Å². The normalized spacial score (nSPS) is 13.5. The van der Waals surface area contributed by atoms with Gasteiger partial charge in [0.1, 0.15) is 11.9 Å². The molecular weight excluding hydrogens is 437 g/mol. The number of anilines is 1. The number of benzene rings is 1. The van der Waals surface area contributed by atoms with Gasteiger partial charge < -0.3 is 19.9 Å². The average Bonchev–Trinajstić information content (AvgIpc) is 3.05. The van der Waals surface area contributed by atoms with Crippen molar-refractivity contribution in [3.05, 3.63) is 24.0 Å². The lowest BCUT2D eigenvalue weighted by molar-refractivity contribution is -0.146. The summed E-state index contributed by atoms with van der Waals surface area (Å²) in [6, 6.07) is 5.72. The molecule has 0 saturated heterocycles. The van der Waals surface area contributed by atoms with Gasteiger partial charge in [-0.25, -0.2) is 4.98 Å². The molecule has 2 atom stereocenters. The standard InChI is InChI=1S/C22H35Cl2N5O2/c1-5-31-22(30)17(27-21(25)15(2)3)7-9-20-26-18-14-16(6-8-19(18)28(20)4)29(12-10-23)13-11-24/h6,8,14-15,17,21,27H,5,7,9-13,25H2,1-4H3/t17-,21?/m0/s1. The Morgan fingerprint density at radius 2 is 1.97 bits per heavy atom. The summed E-state index contributed by atoms with van der Waals surface area (Å²) in [6.45, 7) is 7.62. The molecule has 0 fully saturated rings. The van der Waals surface area contributed by atoms with Gasteiger partial charge in [0.2, 0.25) is 0 Å². The summed E-state index contributed by atoms with van der Waals surface area (Å²) in [5.41, 5.74) is 9.13. The van der Waals surface area contributed by atoms with Crippen LogP contribution in [0, 0.1) is 5.92 Å². The van der Waals surface area contributed by atoms with E-state index in [9.17, 15) is 4.79 Å². The first-order chi connectivity index (χ1) is 14.8. The first-order valence-corrected chi connectivity index (χ1v) is 11.9. The fourth-order valence-electron chi connectivity index (χ4n) is 3.44. The predicted octanol–water partition coefficient (Wildman–Crippen LogP) is 3.25. The number of halogens is 2. The van der Waals surface area contributed by atoms with Crippen LogP contribution in [0.4, 0.5) is 5.69 Å². The number of aromatic nitrogens is 2. The third-order valence-corrected chi connectivity index (χ3v) is 5.71. The molecule has 0 aliphatic carbocycles. The summed E-state index contributed by atoms with van der Waals surface area (Å²) in [4.78, 5) is 19.4. The Labute approximate surface area is 195 Å². The highest BCUT2D eigenvalue weighted by Crippen LogP contribution is 2.23. The second-order valence-corrected chi connectivity index (χ2v) is 8.66. The molecule has 9 heteroatoms. The van der Waals surface area contributed by atoms with E-state index < -0.39 is 6.04 Å². The maximum absolute atomic E-state index is 12.4. The van der Waals surface area contributed by atoms with Crippen LogP contribution in [0.1, 0.15) is 33.0 Å². The molecule has 1 aromatic carbocycles. The minimum absolute atomic E-state index is 0.204. The summed E-state index contributed by atoms with van der Waals surface area (Å²) in [5, 5.41) is 3.21. The summed E-state index contributed by atoms with van der Waals surface area (Å²) in [6.07, 6.45) is 0.884. The summed E-state index contributed by atoms with van der Waals surface area (Å²) in [7, 11) is 1.99. The highest BCUT2D eigenvalue weighted by atomic mass is 35.5. The van der Waals surface area contributed by atoms with Crippen LogP contribution in [0.3, 0.4) is 0 Å². The maximum Gasteiger partial charge on any atom is 0.323 e. The van der Waals surface area contributed by atoms with Gasteiger partial charge in [-0.2, -0.15) is 0 Å². The number of hydrogen-bond donors (Lipinski definition) is 2. The van der Waals surface area contributed by atoms with Crippen molar-refractivity contribution in [2.75, 3.05) is 36.4 Å². The van der Waals surface area contributed by atoms with Gasteiger partial charge in [0.15, 0.2) is 0 Å². The molecule has 0 aliphatic heterocycles. The van der Waals surface area contributed by atoms with Gasteiger partial charge in [-0.1, -0.05) is 13.8 Å². The number of ether oxygens (including phenoxy) is 1. The molecule has 1 aromatic heterocycles. The Morgan fingerprint density at radius 1 is 1.29 bits per heavy atom. The van der Waals surface area contributed by atoms with Gasteiger partial charge in [-0.3, -0.25) is 10.1 Å². The number of carbonyl (C=O) groups excluding carboxylic acids is 1. The first kappa shape index (κ1) is 25.7. The molecule has 0 amide bonds. The van der Waals surface area contributed by atoms with E-state index in [2.05, 4.69) is 33.0 Å². The smallest absolute Gasteiger partial charge is 0.323 e. The second kappa shape index (κ2) is 12.5. The van der Waals surface area contributed by atoms with Crippen molar-refractivity contribution in [2.45, 2.75) is 45.8 Å². The number of esters is 1. The summed E-state index contributed by atoms with van der Waals surface area (Å²) >= 11 is 11.9. The zero-order valence-corrected chi connectivity index (χ0v) is 20.4. The fourth-order valence-corrected chi connectivity index (χ4v) is 3.85. The number of fused-ring (bicyclic) bond motifs is 1. The first-order valence-electron chi connectivity index (χ1n) is 10.8. The molecule has 2 rings (SSSR count). The minimum Gasteiger partial charge on any atom is -0.465 e. The Hall–Kier alpha value is -1.54. The molecule has 0 radical (unpaired) electrons. The summed E-state index contributed by atoms with van der Waals surface area (Å²) < 4.78 is 7.31. The van der Waals surface area contributed by atoms with Gasteiger partial charge in [0, 0.05) is 44.0 Å². The van der Waals surface area contributed by atoms with Crippen molar-refractivity contribution in [1.29, 1.82) is 0 Å². The van der Waals surface area contributed by atoms with Crippen molar-refractivity contribution in [3.63, 3.8) is 0 Å². The highest BCUT2D eigenvalue weighted by molar-refractivity contribution is 6.18. The molecule has 0 aliphatic rings. The third-order valence-electron chi connectivity index (χ3n) is 5.37. The van der Waals surface area contributed by atoms with Crippen molar-refractivity contribution in [2.24, 2.45) is 18.7 Å². The zero-order valence-electron chi connectivity index (χ0n) is 18.9. The zero-order chi connectivity index (χ0) is 23.0. The molecule has 0 spiro atoms. The molecular formula is C22H35Cl2N5O2. The monoisotopic (exact) mass is 471 g/mol. The lowest BCUT2D eigenvalue weighted by atomic mass is 10.1. The number of nitrogens with one attached hydrogen (secondary N) is 1. The molecule has 2 aromatic rings. The lowest BCUT2D eigenvalue weighted by Crippen LogP contribution is -2.51. The highest BCUT2D eigenvalue weighted by Gasteiger charge is 2.24. The van der Waals surface area contributed by atoms with Gasteiger partial charge in [0.05, 0.1) is 23.8 Å². The van der Waals surface area contributed by atoms with Crippen LogP contribution in [0.2, 0.25) is 0 Å². The Kier molecular flexibility index (Phi) is 10.4. The number of carbonyl (C=O) groups is 1. The molecule has 174 valence electrons. The Morgan fingerprint density at radius 3 is 2.55 bits per heavy atom. The molecule has 0 saturated carbocycles. The van der Waals surface area contributed by atoms with Crippen LogP contribution in [-0.2, 0) is 23.0 Å². The Balaban J connectivity index is 2.20. The lowest BCUT2D eigenvalue weighted by Gasteiger charge is -2.24. The van der Waals surface area contributed by atoms with E-state index in [1.54, 1.807) is 6.92 Å². The predicted molar refractivity (Wildman–Crippen MR) is 129 cm³/mol. The van der Waals surface area contributed by atoms with Crippen molar-refractivity contribution in [3.8, 4) is 0 Å². The van der Waals surface area contributed by atoms with Crippen LogP contribution in [0.5, 0.6) is 0 Å².